The number of furan rings is 1. The summed E-state index contributed by atoms with van der Waals surface area (Å²) in [5.74, 6) is 0.00480. The van der Waals surface area contributed by atoms with E-state index in [0.29, 0.717) is 5.56 Å². The first-order chi connectivity index (χ1) is 7.20. The number of aromatic carboxylic acids is 1. The molecule has 1 aromatic heterocycles. The lowest BCUT2D eigenvalue weighted by atomic mass is 10.1. The lowest BCUT2D eigenvalue weighted by Crippen LogP contribution is -1.94. The Kier molecular flexibility index (Phi) is 2.46. The monoisotopic (exact) mass is 204 g/mol. The largest absolute Gasteiger partial charge is 0.478 e. The number of rotatable bonds is 3. The molecule has 78 valence electrons. The molecule has 0 fully saturated rings. The molecule has 0 aliphatic rings. The standard InChI is InChI=1S/C12H12O3/c1-2-3-10-7-9-6-8(12(13)14)4-5-11(9)15-10/h4-7H,2-3H2,1H3,(H,13,14). The number of benzene rings is 1. The van der Waals surface area contributed by atoms with Crippen molar-refractivity contribution in [1.29, 1.82) is 0 Å². The van der Waals surface area contributed by atoms with E-state index in [1.807, 2.05) is 6.07 Å². The van der Waals surface area contributed by atoms with Crippen molar-refractivity contribution in [1.82, 2.24) is 0 Å². The van der Waals surface area contributed by atoms with Gasteiger partial charge in [0.05, 0.1) is 5.56 Å². The molecule has 1 heterocycles. The van der Waals surface area contributed by atoms with Gasteiger partial charge in [0.2, 0.25) is 0 Å². The van der Waals surface area contributed by atoms with Crippen molar-refractivity contribution in [3.8, 4) is 0 Å². The Hall–Kier alpha value is -1.77. The maximum Gasteiger partial charge on any atom is 0.335 e. The van der Waals surface area contributed by atoms with Gasteiger partial charge in [0.25, 0.3) is 0 Å². The molecule has 2 aromatic rings. The minimum Gasteiger partial charge on any atom is -0.478 e. The molecule has 0 radical (unpaired) electrons. The summed E-state index contributed by atoms with van der Waals surface area (Å²) in [5, 5.41) is 9.68. The molecule has 0 saturated carbocycles. The van der Waals surface area contributed by atoms with E-state index in [-0.39, 0.29) is 0 Å². The van der Waals surface area contributed by atoms with Crippen LogP contribution in [0.3, 0.4) is 0 Å². The second-order valence-electron chi connectivity index (χ2n) is 3.52. The fourth-order valence-electron chi connectivity index (χ4n) is 1.60. The summed E-state index contributed by atoms with van der Waals surface area (Å²) in [7, 11) is 0. The fraction of sp³-hybridized carbons (Fsp3) is 0.250. The molecule has 1 N–H and O–H groups in total. The first-order valence-corrected chi connectivity index (χ1v) is 4.96. The van der Waals surface area contributed by atoms with Gasteiger partial charge in [-0.15, -0.1) is 0 Å². The fourth-order valence-corrected chi connectivity index (χ4v) is 1.60. The van der Waals surface area contributed by atoms with Crippen LogP contribution in [0.15, 0.2) is 28.7 Å². The van der Waals surface area contributed by atoms with Crippen molar-refractivity contribution in [2.75, 3.05) is 0 Å². The highest BCUT2D eigenvalue weighted by Gasteiger charge is 2.07. The highest BCUT2D eigenvalue weighted by Crippen LogP contribution is 2.21. The first-order valence-electron chi connectivity index (χ1n) is 4.96. The zero-order chi connectivity index (χ0) is 10.8. The predicted molar refractivity (Wildman–Crippen MR) is 57.2 cm³/mol. The summed E-state index contributed by atoms with van der Waals surface area (Å²) < 4.78 is 5.55. The Balaban J connectivity index is 2.47. The number of aryl methyl sites for hydroxylation is 1. The van der Waals surface area contributed by atoms with E-state index in [1.165, 1.54) is 0 Å². The lowest BCUT2D eigenvalue weighted by molar-refractivity contribution is 0.0697. The average Bonchev–Trinajstić information content (AvgIpc) is 2.59. The number of hydrogen-bond donors (Lipinski definition) is 1. The Morgan fingerprint density at radius 3 is 2.87 bits per heavy atom. The highest BCUT2D eigenvalue weighted by atomic mass is 16.4. The van der Waals surface area contributed by atoms with Gasteiger partial charge in [-0.05, 0) is 30.7 Å². The Morgan fingerprint density at radius 2 is 2.20 bits per heavy atom. The van der Waals surface area contributed by atoms with Gasteiger partial charge in [-0.25, -0.2) is 4.79 Å². The molecule has 0 aliphatic heterocycles. The second kappa shape index (κ2) is 3.77. The van der Waals surface area contributed by atoms with Crippen LogP contribution in [-0.4, -0.2) is 11.1 Å². The average molecular weight is 204 g/mol. The summed E-state index contributed by atoms with van der Waals surface area (Å²) in [4.78, 5) is 10.7. The van der Waals surface area contributed by atoms with Crippen LogP contribution in [0.5, 0.6) is 0 Å². The van der Waals surface area contributed by atoms with Gasteiger partial charge in [0.15, 0.2) is 0 Å². The van der Waals surface area contributed by atoms with Crippen LogP contribution in [-0.2, 0) is 6.42 Å². The summed E-state index contributed by atoms with van der Waals surface area (Å²) in [6.07, 6.45) is 1.91. The number of fused-ring (bicyclic) bond motifs is 1. The lowest BCUT2D eigenvalue weighted by Gasteiger charge is -1.92. The maximum absolute atomic E-state index is 10.7. The maximum atomic E-state index is 10.7. The number of hydrogen-bond acceptors (Lipinski definition) is 2. The summed E-state index contributed by atoms with van der Waals surface area (Å²) in [6, 6.07) is 6.81. The van der Waals surface area contributed by atoms with E-state index >= 15 is 0 Å². The van der Waals surface area contributed by atoms with Crippen LogP contribution in [0, 0.1) is 0 Å². The molecule has 0 amide bonds. The molecule has 1 aromatic carbocycles. The van der Waals surface area contributed by atoms with Gasteiger partial charge < -0.3 is 9.52 Å². The molecule has 0 atom stereocenters. The Labute approximate surface area is 87.3 Å². The molecule has 2 rings (SSSR count). The van der Waals surface area contributed by atoms with Crippen LogP contribution in [0.2, 0.25) is 0 Å². The van der Waals surface area contributed by atoms with E-state index in [2.05, 4.69) is 6.92 Å². The third-order valence-electron chi connectivity index (χ3n) is 2.31. The van der Waals surface area contributed by atoms with E-state index in [9.17, 15) is 4.79 Å². The normalized spacial score (nSPS) is 10.7. The zero-order valence-corrected chi connectivity index (χ0v) is 8.49. The second-order valence-corrected chi connectivity index (χ2v) is 3.52. The first kappa shape index (κ1) is 9.77. The van der Waals surface area contributed by atoms with Gasteiger partial charge in [0, 0.05) is 11.8 Å². The smallest absolute Gasteiger partial charge is 0.335 e. The van der Waals surface area contributed by atoms with Gasteiger partial charge in [-0.3, -0.25) is 0 Å². The van der Waals surface area contributed by atoms with Gasteiger partial charge in [-0.2, -0.15) is 0 Å². The molecule has 0 bridgehead atoms. The number of carboxylic acid groups (broad SMARTS) is 1. The van der Waals surface area contributed by atoms with Crippen molar-refractivity contribution >= 4 is 16.9 Å². The molecule has 0 aliphatic carbocycles. The third kappa shape index (κ3) is 1.86. The van der Waals surface area contributed by atoms with Gasteiger partial charge in [0.1, 0.15) is 11.3 Å². The third-order valence-corrected chi connectivity index (χ3v) is 2.31. The van der Waals surface area contributed by atoms with Crippen molar-refractivity contribution in [3.63, 3.8) is 0 Å². The van der Waals surface area contributed by atoms with Crippen molar-refractivity contribution < 1.29 is 14.3 Å². The molecule has 0 unspecified atom stereocenters. The van der Waals surface area contributed by atoms with Crippen molar-refractivity contribution in [2.24, 2.45) is 0 Å². The minimum atomic E-state index is -0.907. The zero-order valence-electron chi connectivity index (χ0n) is 8.49. The molecular weight excluding hydrogens is 192 g/mol. The van der Waals surface area contributed by atoms with Crippen LogP contribution < -0.4 is 0 Å². The number of carboxylic acids is 1. The van der Waals surface area contributed by atoms with Crippen molar-refractivity contribution in [2.45, 2.75) is 19.8 Å². The molecular formula is C12H12O3. The molecule has 0 spiro atoms. The van der Waals surface area contributed by atoms with Crippen LogP contribution in [0.25, 0.3) is 11.0 Å². The van der Waals surface area contributed by atoms with E-state index in [4.69, 9.17) is 9.52 Å². The Morgan fingerprint density at radius 1 is 1.40 bits per heavy atom. The SMILES string of the molecule is CCCc1cc2cc(C(=O)O)ccc2o1. The Bertz CT molecular complexity index is 497. The summed E-state index contributed by atoms with van der Waals surface area (Å²) >= 11 is 0. The highest BCUT2D eigenvalue weighted by molar-refractivity contribution is 5.93. The topological polar surface area (TPSA) is 50.4 Å². The van der Waals surface area contributed by atoms with E-state index in [1.54, 1.807) is 18.2 Å². The molecule has 0 saturated heterocycles. The summed E-state index contributed by atoms with van der Waals surface area (Å²) in [5.41, 5.74) is 1.05. The molecule has 3 heteroatoms. The van der Waals surface area contributed by atoms with Crippen LogP contribution >= 0.6 is 0 Å². The predicted octanol–water partition coefficient (Wildman–Crippen LogP) is 3.08. The van der Waals surface area contributed by atoms with Crippen LogP contribution in [0.1, 0.15) is 29.5 Å². The quantitative estimate of drug-likeness (QED) is 0.835. The van der Waals surface area contributed by atoms with E-state index < -0.39 is 5.97 Å². The van der Waals surface area contributed by atoms with E-state index in [0.717, 1.165) is 29.6 Å². The van der Waals surface area contributed by atoms with Crippen molar-refractivity contribution in [3.05, 3.63) is 35.6 Å². The molecule has 15 heavy (non-hydrogen) atoms. The van der Waals surface area contributed by atoms with Crippen LogP contribution in [0.4, 0.5) is 0 Å². The van der Waals surface area contributed by atoms with Gasteiger partial charge in [-0.1, -0.05) is 6.92 Å². The van der Waals surface area contributed by atoms with Gasteiger partial charge >= 0.3 is 5.97 Å². The number of carbonyl (C=O) groups is 1. The molecule has 3 nitrogen and oxygen atoms in total. The summed E-state index contributed by atoms with van der Waals surface area (Å²) in [6.45, 7) is 2.08. The minimum absolute atomic E-state index is 0.298.